The summed E-state index contributed by atoms with van der Waals surface area (Å²) < 4.78 is 15.2. The lowest BCUT2D eigenvalue weighted by Crippen LogP contribution is -2.27. The first kappa shape index (κ1) is 13.4. The van der Waals surface area contributed by atoms with E-state index in [2.05, 4.69) is 17.0 Å². The summed E-state index contributed by atoms with van der Waals surface area (Å²) in [7, 11) is 1.35. The molecule has 0 saturated heterocycles. The fraction of sp³-hybridized carbons (Fsp3) is 0.357. The Balaban J connectivity index is 1.81. The molecule has 0 aliphatic rings. The number of ether oxygens (including phenoxy) is 1. The van der Waals surface area contributed by atoms with Crippen LogP contribution in [-0.2, 0) is 17.7 Å². The number of nitrogens with one attached hydrogen (secondary N) is 1. The van der Waals surface area contributed by atoms with Crippen LogP contribution in [0.3, 0.4) is 0 Å². The van der Waals surface area contributed by atoms with Crippen LogP contribution >= 0.6 is 0 Å². The molecule has 2 aromatic rings. The van der Waals surface area contributed by atoms with E-state index in [1.54, 1.807) is 12.3 Å². The maximum absolute atomic E-state index is 11.3. The Morgan fingerprint density at radius 1 is 1.42 bits per heavy atom. The van der Waals surface area contributed by atoms with Gasteiger partial charge in [-0.2, -0.15) is 0 Å². The molecule has 0 saturated carbocycles. The maximum Gasteiger partial charge on any atom is 0.341 e. The molecule has 19 heavy (non-hydrogen) atoms. The van der Waals surface area contributed by atoms with Crippen molar-refractivity contribution in [1.29, 1.82) is 0 Å². The molecule has 1 N–H and O–H groups in total. The van der Waals surface area contributed by atoms with Gasteiger partial charge in [0.25, 0.3) is 0 Å². The monoisotopic (exact) mass is 263 g/mol. The Morgan fingerprint density at radius 3 is 2.95 bits per heavy atom. The number of carbonyl (C=O) groups is 1. The van der Waals surface area contributed by atoms with E-state index >= 15 is 0 Å². The Bertz CT molecular complexity index is 515. The van der Waals surface area contributed by atoms with E-state index in [1.807, 2.05) is 12.1 Å². The van der Waals surface area contributed by atoms with Gasteiger partial charge in [-0.05, 0) is 25.1 Å². The molecule has 0 spiro atoms. The van der Waals surface area contributed by atoms with Crippen molar-refractivity contribution in [3.8, 4) is 0 Å². The summed E-state index contributed by atoms with van der Waals surface area (Å²) in [5.74, 6) is 1.25. The Kier molecular flexibility index (Phi) is 4.41. The zero-order chi connectivity index (χ0) is 13.7. The van der Waals surface area contributed by atoms with Crippen molar-refractivity contribution >= 4 is 5.97 Å². The average molecular weight is 263 g/mol. The first-order chi connectivity index (χ1) is 9.19. The topological polar surface area (TPSA) is 64.6 Å². The van der Waals surface area contributed by atoms with Crippen LogP contribution < -0.4 is 5.32 Å². The summed E-state index contributed by atoms with van der Waals surface area (Å²) in [4.78, 5) is 11.3. The van der Waals surface area contributed by atoms with Crippen LogP contribution in [0.25, 0.3) is 0 Å². The van der Waals surface area contributed by atoms with E-state index in [1.165, 1.54) is 13.4 Å². The van der Waals surface area contributed by atoms with Gasteiger partial charge in [0.2, 0.25) is 0 Å². The van der Waals surface area contributed by atoms with Gasteiger partial charge in [0.05, 0.1) is 25.5 Å². The molecule has 5 heteroatoms. The van der Waals surface area contributed by atoms with Gasteiger partial charge in [0, 0.05) is 12.5 Å². The standard InChI is InChI=1S/C14H17NO4/c1-10(6-12-4-3-5-18-12)15-8-13-7-11(9-19-13)14(16)17-2/h3-5,7,9-10,15H,6,8H2,1-2H3. The van der Waals surface area contributed by atoms with E-state index < -0.39 is 5.97 Å². The van der Waals surface area contributed by atoms with Crippen LogP contribution in [0.15, 0.2) is 39.6 Å². The molecule has 1 atom stereocenters. The summed E-state index contributed by atoms with van der Waals surface area (Å²) in [6.45, 7) is 2.62. The molecule has 0 fully saturated rings. The molecule has 2 heterocycles. The van der Waals surface area contributed by atoms with Crippen molar-refractivity contribution in [2.45, 2.75) is 25.9 Å². The van der Waals surface area contributed by atoms with Crippen molar-refractivity contribution in [3.05, 3.63) is 47.8 Å². The molecule has 102 valence electrons. The summed E-state index contributed by atoms with van der Waals surface area (Å²) >= 11 is 0. The third kappa shape index (κ3) is 3.72. The highest BCUT2D eigenvalue weighted by Gasteiger charge is 2.11. The molecular weight excluding hydrogens is 246 g/mol. The number of carbonyl (C=O) groups excluding carboxylic acids is 1. The molecule has 5 nitrogen and oxygen atoms in total. The molecule has 1 unspecified atom stereocenters. The van der Waals surface area contributed by atoms with E-state index in [-0.39, 0.29) is 6.04 Å². The molecule has 0 radical (unpaired) electrons. The average Bonchev–Trinajstić information content (AvgIpc) is 3.06. The third-order valence-corrected chi connectivity index (χ3v) is 2.79. The van der Waals surface area contributed by atoms with Crippen LogP contribution in [0, 0.1) is 0 Å². The molecular formula is C14H17NO4. The number of hydrogen-bond donors (Lipinski definition) is 1. The van der Waals surface area contributed by atoms with Gasteiger partial charge >= 0.3 is 5.97 Å². The van der Waals surface area contributed by atoms with Gasteiger partial charge in [-0.15, -0.1) is 0 Å². The largest absolute Gasteiger partial charge is 0.469 e. The quantitative estimate of drug-likeness (QED) is 0.811. The molecule has 2 rings (SSSR count). The van der Waals surface area contributed by atoms with Gasteiger partial charge in [-0.25, -0.2) is 4.79 Å². The molecule has 2 aromatic heterocycles. The minimum absolute atomic E-state index is 0.248. The van der Waals surface area contributed by atoms with Crippen molar-refractivity contribution in [2.75, 3.05) is 7.11 Å². The van der Waals surface area contributed by atoms with Crippen molar-refractivity contribution < 1.29 is 18.4 Å². The number of hydrogen-bond acceptors (Lipinski definition) is 5. The fourth-order valence-corrected chi connectivity index (χ4v) is 1.78. The lowest BCUT2D eigenvalue weighted by Gasteiger charge is -2.10. The van der Waals surface area contributed by atoms with Gasteiger partial charge in [0.15, 0.2) is 0 Å². The SMILES string of the molecule is COC(=O)c1coc(CNC(C)Cc2ccco2)c1. The predicted octanol–water partition coefficient (Wildman–Crippen LogP) is 2.38. The molecule has 0 aliphatic heterocycles. The van der Waals surface area contributed by atoms with Crippen molar-refractivity contribution in [1.82, 2.24) is 5.32 Å². The van der Waals surface area contributed by atoms with Crippen LogP contribution in [0.5, 0.6) is 0 Å². The Morgan fingerprint density at radius 2 is 2.26 bits per heavy atom. The summed E-state index contributed by atoms with van der Waals surface area (Å²) in [5, 5.41) is 3.30. The van der Waals surface area contributed by atoms with Gasteiger partial charge in [-0.1, -0.05) is 0 Å². The zero-order valence-electron chi connectivity index (χ0n) is 11.0. The molecule has 0 aromatic carbocycles. The predicted molar refractivity (Wildman–Crippen MR) is 68.8 cm³/mol. The summed E-state index contributed by atoms with van der Waals surface area (Å²) in [6, 6.07) is 5.74. The fourth-order valence-electron chi connectivity index (χ4n) is 1.78. The Labute approximate surface area is 111 Å². The third-order valence-electron chi connectivity index (χ3n) is 2.79. The van der Waals surface area contributed by atoms with Crippen LogP contribution in [-0.4, -0.2) is 19.1 Å². The van der Waals surface area contributed by atoms with Gasteiger partial charge in [-0.3, -0.25) is 0 Å². The van der Waals surface area contributed by atoms with E-state index in [4.69, 9.17) is 8.83 Å². The lowest BCUT2D eigenvalue weighted by molar-refractivity contribution is 0.0600. The zero-order valence-corrected chi connectivity index (χ0v) is 11.0. The molecule has 0 aliphatic carbocycles. The molecule has 0 bridgehead atoms. The second-order valence-electron chi connectivity index (χ2n) is 4.36. The second kappa shape index (κ2) is 6.24. The highest BCUT2D eigenvalue weighted by Crippen LogP contribution is 2.10. The minimum Gasteiger partial charge on any atom is -0.469 e. The van der Waals surface area contributed by atoms with Gasteiger partial charge < -0.3 is 18.9 Å². The first-order valence-corrected chi connectivity index (χ1v) is 6.10. The second-order valence-corrected chi connectivity index (χ2v) is 4.36. The highest BCUT2D eigenvalue weighted by atomic mass is 16.5. The van der Waals surface area contributed by atoms with Crippen LogP contribution in [0.4, 0.5) is 0 Å². The first-order valence-electron chi connectivity index (χ1n) is 6.10. The number of esters is 1. The summed E-state index contributed by atoms with van der Waals surface area (Å²) in [5.41, 5.74) is 0.429. The number of furan rings is 2. The van der Waals surface area contributed by atoms with E-state index in [0.717, 1.165) is 12.2 Å². The van der Waals surface area contributed by atoms with Crippen LogP contribution in [0.2, 0.25) is 0 Å². The molecule has 0 amide bonds. The van der Waals surface area contributed by atoms with E-state index in [0.29, 0.717) is 17.9 Å². The lowest BCUT2D eigenvalue weighted by atomic mass is 10.2. The number of methoxy groups -OCH3 is 1. The van der Waals surface area contributed by atoms with E-state index in [9.17, 15) is 4.79 Å². The number of rotatable bonds is 6. The summed E-state index contributed by atoms with van der Waals surface area (Å²) in [6.07, 6.45) is 3.87. The van der Waals surface area contributed by atoms with Gasteiger partial charge in [0.1, 0.15) is 17.8 Å². The maximum atomic E-state index is 11.3. The normalized spacial score (nSPS) is 12.3. The minimum atomic E-state index is -0.390. The van der Waals surface area contributed by atoms with Crippen molar-refractivity contribution in [3.63, 3.8) is 0 Å². The highest BCUT2D eigenvalue weighted by molar-refractivity contribution is 5.88. The van der Waals surface area contributed by atoms with Crippen LogP contribution in [0.1, 0.15) is 28.8 Å². The smallest absolute Gasteiger partial charge is 0.341 e. The van der Waals surface area contributed by atoms with Crippen molar-refractivity contribution in [2.24, 2.45) is 0 Å². The Hall–Kier alpha value is -2.01.